The summed E-state index contributed by atoms with van der Waals surface area (Å²) >= 11 is 0. The highest BCUT2D eigenvalue weighted by Crippen LogP contribution is 2.83. The minimum atomic E-state index is -0.0626. The van der Waals surface area contributed by atoms with Crippen LogP contribution >= 0.6 is 0 Å². The zero-order valence-corrected chi connectivity index (χ0v) is 81.4. The Balaban J connectivity index is 0.000000106. The molecule has 27 rings (SSSR count). The largest absolute Gasteiger partial charge is 0.393 e. The summed E-state index contributed by atoms with van der Waals surface area (Å²) in [7, 11) is 0. The Bertz CT molecular complexity index is 2860. The molecule has 9 N–H and O–H groups in total. The van der Waals surface area contributed by atoms with Crippen molar-refractivity contribution in [1.29, 1.82) is 0 Å². The van der Waals surface area contributed by atoms with Crippen molar-refractivity contribution in [1.82, 2.24) is 0 Å². The molecular formula is C112H196O9. The normalized spacial score (nSPS) is 50.2. The van der Waals surface area contributed by atoms with Gasteiger partial charge in [0, 0.05) is 0 Å². The maximum atomic E-state index is 10.3. The molecule has 27 fully saturated rings. The maximum Gasteiger partial charge on any atom is 0.0619 e. The number of aliphatic hydroxyl groups excluding tert-OH is 9. The first-order valence-electron chi connectivity index (χ1n) is 53.6. The summed E-state index contributed by atoms with van der Waals surface area (Å²) in [5, 5.41) is 92.1. The summed E-state index contributed by atoms with van der Waals surface area (Å²) in [6, 6.07) is 0. The summed E-state index contributed by atoms with van der Waals surface area (Å²) < 4.78 is 0. The molecule has 0 aromatic heterocycles. The van der Waals surface area contributed by atoms with Crippen LogP contribution in [0.4, 0.5) is 0 Å². The quantitative estimate of drug-likeness (QED) is 0.0645. The molecule has 121 heavy (non-hydrogen) atoms. The van der Waals surface area contributed by atoms with E-state index in [9.17, 15) is 46.0 Å². The van der Waals surface area contributed by atoms with Crippen LogP contribution in [-0.4, -0.2) is 101 Å². The maximum absolute atomic E-state index is 10.3. The molecule has 0 aromatic rings. The fourth-order valence-electron chi connectivity index (χ4n) is 36.3. The molecule has 698 valence electrons. The van der Waals surface area contributed by atoms with Gasteiger partial charge in [-0.05, 0) is 494 Å². The molecule has 27 aliphatic carbocycles. The highest BCUT2D eigenvalue weighted by atomic mass is 16.3. The van der Waals surface area contributed by atoms with Gasteiger partial charge in [-0.1, -0.05) is 153 Å². The second kappa shape index (κ2) is 35.2. The molecule has 9 nitrogen and oxygen atoms in total. The van der Waals surface area contributed by atoms with Crippen molar-refractivity contribution < 1.29 is 46.0 Å². The topological polar surface area (TPSA) is 182 Å². The Morgan fingerprint density at radius 3 is 0.446 bits per heavy atom. The van der Waals surface area contributed by atoms with Crippen LogP contribution in [0.5, 0.6) is 0 Å². The lowest BCUT2D eigenvalue weighted by Gasteiger charge is -2.55. The van der Waals surface area contributed by atoms with E-state index in [1.54, 1.807) is 0 Å². The van der Waals surface area contributed by atoms with Crippen molar-refractivity contribution in [3.63, 3.8) is 0 Å². The van der Waals surface area contributed by atoms with Crippen LogP contribution in [0.3, 0.4) is 0 Å². The van der Waals surface area contributed by atoms with Gasteiger partial charge in [0.25, 0.3) is 0 Å². The molecular weight excluding hydrogens is 1490 g/mol. The van der Waals surface area contributed by atoms with Crippen molar-refractivity contribution in [2.24, 2.45) is 244 Å². The first-order chi connectivity index (χ1) is 56.4. The van der Waals surface area contributed by atoms with Crippen LogP contribution in [0.1, 0.15) is 403 Å². The molecule has 0 aliphatic heterocycles. The van der Waals surface area contributed by atoms with Gasteiger partial charge in [0.05, 0.1) is 54.9 Å². The van der Waals surface area contributed by atoms with Gasteiger partial charge in [-0.25, -0.2) is 0 Å². The number of fused-ring (bicyclic) bond motifs is 39. The lowest BCUT2D eigenvalue weighted by molar-refractivity contribution is -0.0994. The summed E-state index contributed by atoms with van der Waals surface area (Å²) in [5.41, 5.74) is 3.80. The van der Waals surface area contributed by atoms with Gasteiger partial charge in [-0.15, -0.1) is 0 Å². The van der Waals surface area contributed by atoms with E-state index in [0.717, 1.165) is 124 Å². The van der Waals surface area contributed by atoms with E-state index in [2.05, 4.69) is 145 Å². The standard InChI is InChI=1S/3C13H20O.3C13H24O.3C11H20O.CH4/c3*1-5(2)13(14)12-10-6-3-7(6)11(12)9-4-8(9)10;3*1-10(2)11(14)13-7-4-12(3,5-8-13)6-9-13;3*1-8(2)10(12)11-5-3-9(7-11)4-6-11;/h3*5-14H,3-4H2,1-2H3;3*10-11,14H,4-9H2,1-3H3;3*8-10,12H,3-7H2,1-2H3;1H4/t2*6?,7?,8?,9?,10?,11?,12?,13-;;2*11-,12?,13?;;2*9?,10-,11?;;/m10.10.10../s1. The van der Waals surface area contributed by atoms with Crippen molar-refractivity contribution >= 4 is 0 Å². The smallest absolute Gasteiger partial charge is 0.0619 e. The third kappa shape index (κ3) is 17.7. The Labute approximate surface area is 743 Å². The fourth-order valence-corrected chi connectivity index (χ4v) is 36.3. The van der Waals surface area contributed by atoms with Gasteiger partial charge in [0.15, 0.2) is 0 Å². The van der Waals surface area contributed by atoms with Gasteiger partial charge in [-0.3, -0.25) is 0 Å². The molecule has 27 saturated carbocycles. The Morgan fingerprint density at radius 1 is 0.190 bits per heavy atom. The van der Waals surface area contributed by atoms with E-state index < -0.39 is 0 Å². The van der Waals surface area contributed by atoms with Gasteiger partial charge >= 0.3 is 0 Å². The lowest BCUT2D eigenvalue weighted by Crippen LogP contribution is -2.48. The molecule has 0 spiro atoms. The van der Waals surface area contributed by atoms with E-state index in [-0.39, 0.29) is 62.4 Å². The van der Waals surface area contributed by atoms with Crippen molar-refractivity contribution in [2.75, 3.05) is 0 Å². The molecule has 9 heteroatoms. The lowest BCUT2D eigenvalue weighted by atomic mass is 9.52. The second-order valence-corrected chi connectivity index (χ2v) is 54.5. The van der Waals surface area contributed by atoms with Crippen LogP contribution in [0.25, 0.3) is 0 Å². The zero-order valence-electron chi connectivity index (χ0n) is 81.4. The first kappa shape index (κ1) is 95.3. The van der Waals surface area contributed by atoms with E-state index >= 15 is 0 Å². The van der Waals surface area contributed by atoms with Crippen LogP contribution in [0, 0.1) is 244 Å². The third-order valence-electron chi connectivity index (χ3n) is 44.2. The third-order valence-corrected chi connectivity index (χ3v) is 44.2. The molecule has 27 aliphatic rings. The predicted octanol–water partition coefficient (Wildman–Crippen LogP) is 24.9. The number of aliphatic hydroxyl groups is 9. The van der Waals surface area contributed by atoms with Crippen molar-refractivity contribution in [3.8, 4) is 0 Å². The highest BCUT2D eigenvalue weighted by Gasteiger charge is 2.79. The number of rotatable bonds is 18. The van der Waals surface area contributed by atoms with E-state index in [4.69, 9.17) is 0 Å². The van der Waals surface area contributed by atoms with Crippen molar-refractivity contribution in [2.45, 2.75) is 458 Å². The number of hydrogen-bond acceptors (Lipinski definition) is 9. The summed E-state index contributed by atoms with van der Waals surface area (Å²) in [5.74, 6) is 27.4. The molecule has 21 atom stereocenters. The number of hydrogen-bond donors (Lipinski definition) is 9. The Kier molecular flexibility index (Phi) is 27.7. The molecule has 15 unspecified atom stereocenters. The van der Waals surface area contributed by atoms with E-state index in [1.807, 2.05) is 0 Å². The minimum Gasteiger partial charge on any atom is -0.393 e. The monoisotopic (exact) mass is 1690 g/mol. The van der Waals surface area contributed by atoms with Gasteiger partial charge in [0.1, 0.15) is 0 Å². The van der Waals surface area contributed by atoms with Crippen LogP contribution < -0.4 is 0 Å². The zero-order chi connectivity index (χ0) is 86.3. The van der Waals surface area contributed by atoms with Gasteiger partial charge < -0.3 is 46.0 Å². The molecule has 0 aromatic carbocycles. The van der Waals surface area contributed by atoms with Gasteiger partial charge in [-0.2, -0.15) is 0 Å². The predicted molar refractivity (Wildman–Crippen MR) is 497 cm³/mol. The van der Waals surface area contributed by atoms with Crippen LogP contribution in [0.15, 0.2) is 0 Å². The van der Waals surface area contributed by atoms with Crippen LogP contribution in [-0.2, 0) is 0 Å². The first-order valence-corrected chi connectivity index (χ1v) is 53.6. The Morgan fingerprint density at radius 2 is 0.331 bits per heavy atom. The molecule has 0 heterocycles. The summed E-state index contributed by atoms with van der Waals surface area (Å²) in [4.78, 5) is 0. The molecule has 0 amide bonds. The van der Waals surface area contributed by atoms with Crippen molar-refractivity contribution in [3.05, 3.63) is 0 Å². The molecule has 0 saturated heterocycles. The average molecular weight is 1690 g/mol. The van der Waals surface area contributed by atoms with Gasteiger partial charge in [0.2, 0.25) is 0 Å². The minimum absolute atomic E-state index is 0. The molecule has 18 bridgehead atoms. The highest BCUT2D eigenvalue weighted by molar-refractivity contribution is 5.26. The average Bonchev–Trinajstić information content (AvgIpc) is 1.50. The van der Waals surface area contributed by atoms with E-state index in [1.165, 1.54) is 250 Å². The molecule has 0 radical (unpaired) electrons. The second-order valence-electron chi connectivity index (χ2n) is 54.5. The van der Waals surface area contributed by atoms with Crippen LogP contribution in [0.2, 0.25) is 0 Å². The summed E-state index contributed by atoms with van der Waals surface area (Å²) in [6.07, 6.45) is 52.3. The fraction of sp³-hybridized carbons (Fsp3) is 1.00. The summed E-state index contributed by atoms with van der Waals surface area (Å²) in [6.45, 7) is 46.2. The Hall–Kier alpha value is -0.360. The van der Waals surface area contributed by atoms with E-state index in [0.29, 0.717) is 120 Å². The SMILES string of the molecule is C.CC(C)C(O)C12CCC(C)(CC1)CC2.CC(C)C(O)C12CCC(CC1)C2.CC(C)C(O)C1C2C3CC3C1C1CC12.CC(C)[C@@H](O)C12CCC(C)(CC1)CC2.CC(C)[C@@H](O)C12CCC(CC1)C2.CC(C)[C@@H](O)C1C2C3CC3C1C1CC12.CC(C)[C@H](O)C12CCC(C)(CC1)CC2.CC(C)[C@H](O)C12CCC(CC1)C2.CC(C)[C@H](O)C1C2C3CC3C1C1CC12.